The van der Waals surface area contributed by atoms with Gasteiger partial charge in [-0.3, -0.25) is 4.79 Å². The lowest BCUT2D eigenvalue weighted by Crippen LogP contribution is -2.19. The van der Waals surface area contributed by atoms with Crippen LogP contribution in [0, 0.1) is 0 Å². The topological polar surface area (TPSA) is 112 Å². The molecule has 8 heteroatoms. The molecule has 0 radical (unpaired) electrons. The van der Waals surface area contributed by atoms with Crippen molar-refractivity contribution in [1.82, 2.24) is 0 Å². The number of nitrogens with one attached hydrogen (secondary N) is 2. The quantitative estimate of drug-likeness (QED) is 0.703. The van der Waals surface area contributed by atoms with Crippen LogP contribution in [-0.2, 0) is 11.2 Å². The predicted molar refractivity (Wildman–Crippen MR) is 98.1 cm³/mol. The highest BCUT2D eigenvalue weighted by molar-refractivity contribution is 6.00. The molecule has 2 aromatic rings. The van der Waals surface area contributed by atoms with E-state index in [0.29, 0.717) is 28.6 Å². The molecule has 0 spiro atoms. The summed E-state index contributed by atoms with van der Waals surface area (Å²) >= 11 is 0. The molecule has 0 fully saturated rings. The maximum absolute atomic E-state index is 12.2. The minimum atomic E-state index is -0.443. The maximum atomic E-state index is 12.2. The number of nitrogens with two attached hydrogens (primary N) is 1. The smallest absolute Gasteiger partial charge is 0.323 e. The van der Waals surface area contributed by atoms with Crippen LogP contribution in [0.3, 0.4) is 0 Å². The molecule has 0 bridgehead atoms. The van der Waals surface area contributed by atoms with Crippen LogP contribution in [0.4, 0.5) is 16.2 Å². The normalized spacial score (nSPS) is 9.96. The van der Waals surface area contributed by atoms with Gasteiger partial charge in [0.15, 0.2) is 11.5 Å². The summed E-state index contributed by atoms with van der Waals surface area (Å²) in [6.45, 7) is 0. The van der Waals surface area contributed by atoms with Crippen LogP contribution >= 0.6 is 0 Å². The van der Waals surface area contributed by atoms with E-state index in [2.05, 4.69) is 10.6 Å². The van der Waals surface area contributed by atoms with E-state index < -0.39 is 11.9 Å². The van der Waals surface area contributed by atoms with E-state index >= 15 is 0 Å². The molecule has 0 aliphatic carbocycles. The fourth-order valence-electron chi connectivity index (χ4n) is 2.35. The molecule has 0 aliphatic rings. The van der Waals surface area contributed by atoms with Crippen molar-refractivity contribution < 1.29 is 23.8 Å². The first-order chi connectivity index (χ1) is 12.5. The van der Waals surface area contributed by atoms with Gasteiger partial charge in [-0.1, -0.05) is 12.1 Å². The van der Waals surface area contributed by atoms with Gasteiger partial charge in [-0.2, -0.15) is 0 Å². The molecule has 0 heterocycles. The van der Waals surface area contributed by atoms with Crippen molar-refractivity contribution in [2.75, 3.05) is 32.0 Å². The van der Waals surface area contributed by atoms with Gasteiger partial charge in [-0.05, 0) is 17.7 Å². The number of hydrogen-bond donors (Lipinski definition) is 3. The summed E-state index contributed by atoms with van der Waals surface area (Å²) < 4.78 is 15.7. The monoisotopic (exact) mass is 359 g/mol. The Kier molecular flexibility index (Phi) is 6.26. The second kappa shape index (κ2) is 8.61. The Balaban J connectivity index is 2.08. The highest BCUT2D eigenvalue weighted by Crippen LogP contribution is 2.39. The summed E-state index contributed by atoms with van der Waals surface area (Å²) in [6, 6.07) is 9.62. The lowest BCUT2D eigenvalue weighted by atomic mass is 10.1. The molecule has 138 valence electrons. The number of amides is 3. The fourth-order valence-corrected chi connectivity index (χ4v) is 2.35. The van der Waals surface area contributed by atoms with Crippen molar-refractivity contribution in [2.45, 2.75) is 6.42 Å². The number of carbonyl (C=O) groups excluding carboxylic acids is 2. The van der Waals surface area contributed by atoms with Gasteiger partial charge >= 0.3 is 6.03 Å². The molecule has 8 nitrogen and oxygen atoms in total. The van der Waals surface area contributed by atoms with Gasteiger partial charge in [-0.25, -0.2) is 4.79 Å². The largest absolute Gasteiger partial charge is 0.493 e. The lowest BCUT2D eigenvalue weighted by Gasteiger charge is -2.15. The van der Waals surface area contributed by atoms with Gasteiger partial charge < -0.3 is 30.6 Å². The molecule has 2 aromatic carbocycles. The van der Waals surface area contributed by atoms with E-state index in [0.717, 1.165) is 5.56 Å². The van der Waals surface area contributed by atoms with Gasteiger partial charge in [0.2, 0.25) is 11.7 Å². The molecule has 3 amide bonds. The fraction of sp³-hybridized carbons (Fsp3) is 0.222. The number of primary amides is 1. The van der Waals surface area contributed by atoms with Gasteiger partial charge in [-0.15, -0.1) is 0 Å². The van der Waals surface area contributed by atoms with E-state index in [4.69, 9.17) is 19.9 Å². The second-order valence-electron chi connectivity index (χ2n) is 5.33. The van der Waals surface area contributed by atoms with E-state index in [-0.39, 0.29) is 6.42 Å². The van der Waals surface area contributed by atoms with Crippen LogP contribution in [0.25, 0.3) is 0 Å². The van der Waals surface area contributed by atoms with Gasteiger partial charge in [0.05, 0.1) is 33.4 Å². The van der Waals surface area contributed by atoms with Crippen LogP contribution in [-0.4, -0.2) is 33.3 Å². The SMILES string of the molecule is COc1cc(NC(=O)Nc2ccc(CC(N)=O)cc2)cc(OC)c1OC. The minimum Gasteiger partial charge on any atom is -0.493 e. The minimum absolute atomic E-state index is 0.151. The molecule has 0 aliphatic heterocycles. The van der Waals surface area contributed by atoms with Crippen molar-refractivity contribution in [3.8, 4) is 17.2 Å². The molecular formula is C18H21N3O5. The van der Waals surface area contributed by atoms with Crippen LogP contribution < -0.4 is 30.6 Å². The number of rotatable bonds is 7. The molecule has 0 unspecified atom stereocenters. The Morgan fingerprint density at radius 2 is 1.42 bits per heavy atom. The molecule has 0 atom stereocenters. The summed E-state index contributed by atoms with van der Waals surface area (Å²) in [6.07, 6.45) is 0.151. The van der Waals surface area contributed by atoms with Crippen LogP contribution in [0.5, 0.6) is 17.2 Å². The number of anilines is 2. The molecule has 0 aromatic heterocycles. The Hall–Kier alpha value is -3.42. The Bertz CT molecular complexity index is 765. The molecule has 0 saturated carbocycles. The lowest BCUT2D eigenvalue weighted by molar-refractivity contribution is -0.117. The third-order valence-electron chi connectivity index (χ3n) is 3.51. The number of benzene rings is 2. The standard InChI is InChI=1S/C18H21N3O5/c1-24-14-9-13(10-15(25-2)17(14)26-3)21-18(23)20-12-6-4-11(5-7-12)8-16(19)22/h4-7,9-10H,8H2,1-3H3,(H2,19,22)(H2,20,21,23). The second-order valence-corrected chi connectivity index (χ2v) is 5.33. The molecular weight excluding hydrogens is 338 g/mol. The van der Waals surface area contributed by atoms with E-state index in [9.17, 15) is 9.59 Å². The van der Waals surface area contributed by atoms with Crippen LogP contribution in [0.15, 0.2) is 36.4 Å². The summed E-state index contributed by atoms with van der Waals surface area (Å²) in [7, 11) is 4.49. The first kappa shape index (κ1) is 18.9. The molecule has 26 heavy (non-hydrogen) atoms. The Morgan fingerprint density at radius 1 is 0.885 bits per heavy atom. The number of carbonyl (C=O) groups is 2. The predicted octanol–water partition coefficient (Wildman–Crippen LogP) is 2.38. The van der Waals surface area contributed by atoms with Crippen LogP contribution in [0.2, 0.25) is 0 Å². The highest BCUT2D eigenvalue weighted by Gasteiger charge is 2.14. The van der Waals surface area contributed by atoms with Crippen molar-refractivity contribution >= 4 is 23.3 Å². The van der Waals surface area contributed by atoms with E-state index in [1.165, 1.54) is 21.3 Å². The summed E-state index contributed by atoms with van der Waals surface area (Å²) in [5.74, 6) is 0.882. The first-order valence-electron chi connectivity index (χ1n) is 7.72. The first-order valence-corrected chi connectivity index (χ1v) is 7.72. The maximum Gasteiger partial charge on any atom is 0.323 e. The van der Waals surface area contributed by atoms with Gasteiger partial charge in [0, 0.05) is 17.8 Å². The number of urea groups is 1. The third kappa shape index (κ3) is 4.79. The third-order valence-corrected chi connectivity index (χ3v) is 3.51. The van der Waals surface area contributed by atoms with Crippen molar-refractivity contribution in [3.05, 3.63) is 42.0 Å². The molecule has 2 rings (SSSR count). The summed E-state index contributed by atoms with van der Waals surface area (Å²) in [4.78, 5) is 23.1. The number of hydrogen-bond acceptors (Lipinski definition) is 5. The number of methoxy groups -OCH3 is 3. The van der Waals surface area contributed by atoms with E-state index in [1.54, 1.807) is 36.4 Å². The Morgan fingerprint density at radius 3 is 1.88 bits per heavy atom. The van der Waals surface area contributed by atoms with Crippen LogP contribution in [0.1, 0.15) is 5.56 Å². The summed E-state index contributed by atoms with van der Waals surface area (Å²) in [5.41, 5.74) is 6.97. The zero-order valence-corrected chi connectivity index (χ0v) is 14.8. The van der Waals surface area contributed by atoms with Crippen molar-refractivity contribution in [3.63, 3.8) is 0 Å². The molecule has 4 N–H and O–H groups in total. The average Bonchev–Trinajstić information content (AvgIpc) is 2.61. The van der Waals surface area contributed by atoms with E-state index in [1.807, 2.05) is 0 Å². The zero-order chi connectivity index (χ0) is 19.1. The molecule has 0 saturated heterocycles. The van der Waals surface area contributed by atoms with Crippen molar-refractivity contribution in [1.29, 1.82) is 0 Å². The summed E-state index contributed by atoms with van der Waals surface area (Å²) in [5, 5.41) is 5.39. The highest BCUT2D eigenvalue weighted by atomic mass is 16.5. The van der Waals surface area contributed by atoms with Crippen molar-refractivity contribution in [2.24, 2.45) is 5.73 Å². The number of ether oxygens (including phenoxy) is 3. The van der Waals surface area contributed by atoms with Gasteiger partial charge in [0.25, 0.3) is 0 Å². The zero-order valence-electron chi connectivity index (χ0n) is 14.8. The Labute approximate surface area is 151 Å². The van der Waals surface area contributed by atoms with Gasteiger partial charge in [0.1, 0.15) is 0 Å². The average molecular weight is 359 g/mol.